The van der Waals surface area contributed by atoms with Gasteiger partial charge in [0.15, 0.2) is 5.78 Å². The first kappa shape index (κ1) is 15.0. The number of hydrogen-bond acceptors (Lipinski definition) is 3. The van der Waals surface area contributed by atoms with Gasteiger partial charge in [-0.25, -0.2) is 4.39 Å². The van der Waals surface area contributed by atoms with Crippen LogP contribution in [0.2, 0.25) is 0 Å². The zero-order chi connectivity index (χ0) is 15.2. The van der Waals surface area contributed by atoms with Crippen LogP contribution in [0.3, 0.4) is 0 Å². The molecule has 0 heterocycles. The Kier molecular flexibility index (Phi) is 4.93. The molecule has 0 aliphatic heterocycles. The molecule has 0 saturated carbocycles. The van der Waals surface area contributed by atoms with Gasteiger partial charge in [-0.1, -0.05) is 12.1 Å². The Balaban J connectivity index is 2.42. The molecular weight excluding hydrogens is 271 g/mol. The average molecular weight is 288 g/mol. The lowest BCUT2D eigenvalue weighted by Crippen LogP contribution is -2.08. The van der Waals surface area contributed by atoms with Crippen LogP contribution in [0, 0.1) is 5.82 Å². The predicted octanol–water partition coefficient (Wildman–Crippen LogP) is 3.85. The molecule has 110 valence electrons. The summed E-state index contributed by atoms with van der Waals surface area (Å²) in [6, 6.07) is 10.8. The summed E-state index contributed by atoms with van der Waals surface area (Å²) in [5, 5.41) is 0. The van der Waals surface area contributed by atoms with E-state index in [0.29, 0.717) is 30.3 Å². The fourth-order valence-electron chi connectivity index (χ4n) is 2.01. The third-order valence-corrected chi connectivity index (χ3v) is 2.93. The second-order valence-corrected chi connectivity index (χ2v) is 4.33. The molecule has 2 aromatic carbocycles. The van der Waals surface area contributed by atoms with Gasteiger partial charge in [0.25, 0.3) is 0 Å². The number of halogens is 1. The van der Waals surface area contributed by atoms with E-state index in [1.807, 2.05) is 13.8 Å². The Labute approximate surface area is 123 Å². The number of carbonyl (C=O) groups excluding carboxylic acids is 1. The minimum atomic E-state index is -0.543. The van der Waals surface area contributed by atoms with E-state index in [-0.39, 0.29) is 5.56 Å². The van der Waals surface area contributed by atoms with Gasteiger partial charge in [0.05, 0.1) is 24.3 Å². The molecule has 21 heavy (non-hydrogen) atoms. The minimum Gasteiger partial charge on any atom is -0.494 e. The first-order valence-corrected chi connectivity index (χ1v) is 6.86. The van der Waals surface area contributed by atoms with Crippen LogP contribution in [0.4, 0.5) is 4.39 Å². The van der Waals surface area contributed by atoms with Crippen LogP contribution >= 0.6 is 0 Å². The van der Waals surface area contributed by atoms with E-state index in [9.17, 15) is 9.18 Å². The SMILES string of the molecule is CCOc1ccc(C(=O)c2ccccc2F)c(OCC)c1. The number of hydrogen-bond donors (Lipinski definition) is 0. The number of ether oxygens (including phenoxy) is 2. The maximum atomic E-state index is 13.8. The first-order valence-electron chi connectivity index (χ1n) is 6.86. The van der Waals surface area contributed by atoms with Crippen LogP contribution in [0.25, 0.3) is 0 Å². The van der Waals surface area contributed by atoms with Gasteiger partial charge in [0.1, 0.15) is 17.3 Å². The standard InChI is InChI=1S/C17H17FO3/c1-3-20-12-9-10-14(16(11-12)21-4-2)17(19)13-7-5-6-8-15(13)18/h5-11H,3-4H2,1-2H3. The van der Waals surface area contributed by atoms with Crippen molar-refractivity contribution in [1.82, 2.24) is 0 Å². The lowest BCUT2D eigenvalue weighted by molar-refractivity contribution is 0.103. The highest BCUT2D eigenvalue weighted by Gasteiger charge is 2.18. The molecule has 0 atom stereocenters. The Hall–Kier alpha value is -2.36. The highest BCUT2D eigenvalue weighted by atomic mass is 19.1. The lowest BCUT2D eigenvalue weighted by atomic mass is 10.0. The van der Waals surface area contributed by atoms with E-state index in [1.54, 1.807) is 30.3 Å². The van der Waals surface area contributed by atoms with Crippen LogP contribution in [-0.2, 0) is 0 Å². The van der Waals surface area contributed by atoms with Crippen molar-refractivity contribution in [3.8, 4) is 11.5 Å². The molecule has 3 nitrogen and oxygen atoms in total. The van der Waals surface area contributed by atoms with Gasteiger partial charge in [-0.15, -0.1) is 0 Å². The summed E-state index contributed by atoms with van der Waals surface area (Å²) >= 11 is 0. The monoisotopic (exact) mass is 288 g/mol. The van der Waals surface area contributed by atoms with E-state index in [2.05, 4.69) is 0 Å². The minimum absolute atomic E-state index is 0.0302. The predicted molar refractivity (Wildman–Crippen MR) is 78.6 cm³/mol. The van der Waals surface area contributed by atoms with Crippen molar-refractivity contribution in [3.05, 3.63) is 59.4 Å². The van der Waals surface area contributed by atoms with Gasteiger partial charge in [-0.05, 0) is 38.1 Å². The summed E-state index contributed by atoms with van der Waals surface area (Å²) in [5.41, 5.74) is 0.355. The molecule has 2 rings (SSSR count). The topological polar surface area (TPSA) is 35.5 Å². The van der Waals surface area contributed by atoms with Crippen molar-refractivity contribution >= 4 is 5.78 Å². The number of benzene rings is 2. The summed E-state index contributed by atoms with van der Waals surface area (Å²) < 4.78 is 24.6. The molecule has 0 bridgehead atoms. The van der Waals surface area contributed by atoms with E-state index >= 15 is 0 Å². The second-order valence-electron chi connectivity index (χ2n) is 4.33. The van der Waals surface area contributed by atoms with Gasteiger partial charge >= 0.3 is 0 Å². The maximum Gasteiger partial charge on any atom is 0.199 e. The lowest BCUT2D eigenvalue weighted by Gasteiger charge is -2.12. The molecule has 2 aromatic rings. The summed E-state index contributed by atoms with van der Waals surface area (Å²) in [7, 11) is 0. The van der Waals surface area contributed by atoms with Crippen LogP contribution < -0.4 is 9.47 Å². The molecule has 0 spiro atoms. The van der Waals surface area contributed by atoms with Crippen molar-refractivity contribution < 1.29 is 18.7 Å². The Morgan fingerprint density at radius 2 is 1.71 bits per heavy atom. The normalized spacial score (nSPS) is 10.2. The van der Waals surface area contributed by atoms with Crippen molar-refractivity contribution in [2.45, 2.75) is 13.8 Å². The molecule has 0 aliphatic rings. The van der Waals surface area contributed by atoms with Crippen molar-refractivity contribution in [2.24, 2.45) is 0 Å². The molecule has 0 fully saturated rings. The van der Waals surface area contributed by atoms with Crippen molar-refractivity contribution in [2.75, 3.05) is 13.2 Å². The van der Waals surface area contributed by atoms with Gasteiger partial charge in [-0.3, -0.25) is 4.79 Å². The summed E-state index contributed by atoms with van der Waals surface area (Å²) in [6.45, 7) is 4.63. The summed E-state index contributed by atoms with van der Waals surface area (Å²) in [5.74, 6) is 0.0705. The number of ketones is 1. The highest BCUT2D eigenvalue weighted by molar-refractivity contribution is 6.11. The Bertz CT molecular complexity index is 638. The number of rotatable bonds is 6. The fraction of sp³-hybridized carbons (Fsp3) is 0.235. The molecule has 0 aliphatic carbocycles. The third kappa shape index (κ3) is 3.40. The quantitative estimate of drug-likeness (QED) is 0.757. The molecule has 0 N–H and O–H groups in total. The third-order valence-electron chi connectivity index (χ3n) is 2.93. The fourth-order valence-corrected chi connectivity index (χ4v) is 2.01. The van der Waals surface area contributed by atoms with Crippen molar-refractivity contribution in [3.63, 3.8) is 0 Å². The smallest absolute Gasteiger partial charge is 0.199 e. The Morgan fingerprint density at radius 3 is 2.38 bits per heavy atom. The van der Waals surface area contributed by atoms with Crippen LogP contribution in [0.1, 0.15) is 29.8 Å². The van der Waals surface area contributed by atoms with Gasteiger partial charge in [0, 0.05) is 6.07 Å². The van der Waals surface area contributed by atoms with Crippen molar-refractivity contribution in [1.29, 1.82) is 0 Å². The van der Waals surface area contributed by atoms with E-state index in [0.717, 1.165) is 0 Å². The summed E-state index contributed by atoms with van der Waals surface area (Å²) in [4.78, 5) is 12.5. The average Bonchev–Trinajstić information content (AvgIpc) is 2.48. The first-order chi connectivity index (χ1) is 10.2. The van der Waals surface area contributed by atoms with Crippen LogP contribution in [0.5, 0.6) is 11.5 Å². The maximum absolute atomic E-state index is 13.8. The largest absolute Gasteiger partial charge is 0.494 e. The molecule has 0 unspecified atom stereocenters. The highest BCUT2D eigenvalue weighted by Crippen LogP contribution is 2.28. The molecule has 0 saturated heterocycles. The Morgan fingerprint density at radius 1 is 1.00 bits per heavy atom. The van der Waals surface area contributed by atoms with Gasteiger partial charge in [-0.2, -0.15) is 0 Å². The number of carbonyl (C=O) groups is 1. The zero-order valence-electron chi connectivity index (χ0n) is 12.1. The zero-order valence-corrected chi connectivity index (χ0v) is 12.1. The van der Waals surface area contributed by atoms with Gasteiger partial charge in [0.2, 0.25) is 0 Å². The van der Waals surface area contributed by atoms with Crippen LogP contribution in [0.15, 0.2) is 42.5 Å². The molecule has 0 aromatic heterocycles. The molecular formula is C17H17FO3. The molecule has 0 amide bonds. The molecule has 0 radical (unpaired) electrons. The van der Waals surface area contributed by atoms with E-state index in [1.165, 1.54) is 12.1 Å². The summed E-state index contributed by atoms with van der Waals surface area (Å²) in [6.07, 6.45) is 0. The van der Waals surface area contributed by atoms with Gasteiger partial charge < -0.3 is 9.47 Å². The molecule has 4 heteroatoms. The van der Waals surface area contributed by atoms with E-state index in [4.69, 9.17) is 9.47 Å². The van der Waals surface area contributed by atoms with Crippen LogP contribution in [-0.4, -0.2) is 19.0 Å². The van der Waals surface area contributed by atoms with E-state index < -0.39 is 11.6 Å². The second kappa shape index (κ2) is 6.88.